The maximum atomic E-state index is 6.34. The fraction of sp³-hybridized carbons (Fsp3) is 0.136. The van der Waals surface area contributed by atoms with E-state index in [0.29, 0.717) is 15.1 Å². The lowest BCUT2D eigenvalue weighted by Gasteiger charge is -2.38. The highest BCUT2D eigenvalue weighted by molar-refractivity contribution is 9.10. The third-order valence-electron chi connectivity index (χ3n) is 5.16. The van der Waals surface area contributed by atoms with Gasteiger partial charge in [-0.25, -0.2) is 5.01 Å². The van der Waals surface area contributed by atoms with Crippen LogP contribution in [0.2, 0.25) is 15.1 Å². The number of rotatable bonds is 2. The Morgan fingerprint density at radius 3 is 2.48 bits per heavy atom. The van der Waals surface area contributed by atoms with Crippen LogP contribution >= 0.6 is 50.7 Å². The molecule has 7 heteroatoms. The second-order valence-corrected chi connectivity index (χ2v) is 9.15. The highest BCUT2D eigenvalue weighted by Gasteiger charge is 2.41. The normalized spacial score (nSPS) is 20.0. The molecule has 146 valence electrons. The first-order chi connectivity index (χ1) is 14.0. The molecule has 0 spiro atoms. The van der Waals surface area contributed by atoms with Gasteiger partial charge in [0.05, 0.1) is 21.8 Å². The minimum atomic E-state index is -0.406. The number of nitrogens with zero attached hydrogens (tertiary/aromatic N) is 2. The van der Waals surface area contributed by atoms with Crippen LogP contribution in [-0.2, 0) is 0 Å². The molecular weight excluding hydrogens is 495 g/mol. The monoisotopic (exact) mass is 506 g/mol. The maximum absolute atomic E-state index is 6.34. The van der Waals surface area contributed by atoms with E-state index >= 15 is 0 Å². The molecule has 2 aliphatic heterocycles. The van der Waals surface area contributed by atoms with Gasteiger partial charge < -0.3 is 4.74 Å². The van der Waals surface area contributed by atoms with E-state index in [2.05, 4.69) is 28.1 Å². The van der Waals surface area contributed by atoms with Gasteiger partial charge in [-0.05, 0) is 48.0 Å². The summed E-state index contributed by atoms with van der Waals surface area (Å²) in [5.74, 6) is 0.805. The van der Waals surface area contributed by atoms with E-state index in [1.165, 1.54) is 0 Å². The summed E-state index contributed by atoms with van der Waals surface area (Å²) in [7, 11) is 0. The van der Waals surface area contributed by atoms with Crippen molar-refractivity contribution in [1.82, 2.24) is 5.01 Å². The topological polar surface area (TPSA) is 24.8 Å². The summed E-state index contributed by atoms with van der Waals surface area (Å²) in [6, 6.07) is 19.4. The molecule has 29 heavy (non-hydrogen) atoms. The predicted molar refractivity (Wildman–Crippen MR) is 121 cm³/mol. The van der Waals surface area contributed by atoms with Crippen molar-refractivity contribution in [3.63, 3.8) is 0 Å². The van der Waals surface area contributed by atoms with Crippen LogP contribution in [0, 0.1) is 0 Å². The standard InChI is InChI=1S/C22H14BrCl3N2O/c23-14-4-1-12(2-5-14)19-11-20-16-10-15(24)6-8-21(16)29-22(28(20)27-19)13-3-7-17(25)18(26)9-13/h1-10,20,22H,11H2/t20-,22+/m0/s1. The van der Waals surface area contributed by atoms with E-state index in [0.717, 1.165) is 39.0 Å². The molecule has 0 bridgehead atoms. The van der Waals surface area contributed by atoms with E-state index in [4.69, 9.17) is 44.6 Å². The molecule has 0 fully saturated rings. The molecule has 2 atom stereocenters. The molecule has 3 aromatic rings. The Balaban J connectivity index is 1.61. The fourth-order valence-corrected chi connectivity index (χ4v) is 4.51. The molecule has 0 aromatic heterocycles. The summed E-state index contributed by atoms with van der Waals surface area (Å²) in [4.78, 5) is 0. The van der Waals surface area contributed by atoms with Crippen molar-refractivity contribution in [1.29, 1.82) is 0 Å². The first-order valence-electron chi connectivity index (χ1n) is 9.02. The lowest BCUT2D eigenvalue weighted by Crippen LogP contribution is -2.33. The number of fused-ring (bicyclic) bond motifs is 3. The van der Waals surface area contributed by atoms with Gasteiger partial charge >= 0.3 is 0 Å². The molecule has 2 heterocycles. The zero-order valence-corrected chi connectivity index (χ0v) is 18.8. The molecule has 0 amide bonds. The van der Waals surface area contributed by atoms with Crippen molar-refractivity contribution in [3.8, 4) is 5.75 Å². The van der Waals surface area contributed by atoms with Crippen LogP contribution in [0.25, 0.3) is 0 Å². The van der Waals surface area contributed by atoms with Gasteiger partial charge in [-0.3, -0.25) is 0 Å². The molecular formula is C22H14BrCl3N2O. The second-order valence-electron chi connectivity index (χ2n) is 6.98. The molecule has 3 nitrogen and oxygen atoms in total. The fourth-order valence-electron chi connectivity index (χ4n) is 3.76. The Labute approximate surface area is 192 Å². The van der Waals surface area contributed by atoms with E-state index in [9.17, 15) is 0 Å². The van der Waals surface area contributed by atoms with Gasteiger partial charge in [0.1, 0.15) is 5.75 Å². The largest absolute Gasteiger partial charge is 0.464 e. The zero-order chi connectivity index (χ0) is 20.1. The first kappa shape index (κ1) is 19.3. The third-order valence-corrected chi connectivity index (χ3v) is 6.66. The number of ether oxygens (including phenoxy) is 1. The zero-order valence-electron chi connectivity index (χ0n) is 14.9. The summed E-state index contributed by atoms with van der Waals surface area (Å²) in [6.45, 7) is 0. The van der Waals surface area contributed by atoms with Gasteiger partial charge in [0.15, 0.2) is 0 Å². The number of hydrogen-bond acceptors (Lipinski definition) is 3. The smallest absolute Gasteiger partial charge is 0.213 e. The number of benzene rings is 3. The van der Waals surface area contributed by atoms with Crippen molar-refractivity contribution in [2.45, 2.75) is 18.7 Å². The summed E-state index contributed by atoms with van der Waals surface area (Å²) in [5, 5.41) is 8.61. The molecule has 2 aliphatic rings. The van der Waals surface area contributed by atoms with Crippen LogP contribution in [-0.4, -0.2) is 10.7 Å². The van der Waals surface area contributed by atoms with Crippen molar-refractivity contribution in [2.24, 2.45) is 5.10 Å². The summed E-state index contributed by atoms with van der Waals surface area (Å²) < 4.78 is 7.37. The average molecular weight is 509 g/mol. The number of hydrazone groups is 1. The molecule has 0 saturated heterocycles. The van der Waals surface area contributed by atoms with Crippen LogP contribution in [0.1, 0.15) is 35.4 Å². The minimum Gasteiger partial charge on any atom is -0.464 e. The Morgan fingerprint density at radius 2 is 1.72 bits per heavy atom. The van der Waals surface area contributed by atoms with Crippen LogP contribution < -0.4 is 4.74 Å². The van der Waals surface area contributed by atoms with Gasteiger partial charge in [-0.1, -0.05) is 68.9 Å². The Morgan fingerprint density at radius 1 is 0.931 bits per heavy atom. The van der Waals surface area contributed by atoms with Crippen molar-refractivity contribution in [2.75, 3.05) is 0 Å². The lowest BCUT2D eigenvalue weighted by atomic mass is 9.96. The van der Waals surface area contributed by atoms with E-state index in [-0.39, 0.29) is 6.04 Å². The molecule has 5 rings (SSSR count). The highest BCUT2D eigenvalue weighted by atomic mass is 79.9. The Kier molecular flexibility index (Phi) is 4.99. The van der Waals surface area contributed by atoms with Crippen LogP contribution in [0.3, 0.4) is 0 Å². The summed E-state index contributed by atoms with van der Waals surface area (Å²) in [6.07, 6.45) is 0.354. The van der Waals surface area contributed by atoms with Crippen LogP contribution in [0.5, 0.6) is 5.75 Å². The number of halogens is 4. The summed E-state index contributed by atoms with van der Waals surface area (Å²) in [5.41, 5.74) is 4.01. The second kappa shape index (κ2) is 7.51. The van der Waals surface area contributed by atoms with Gasteiger partial charge in [0.25, 0.3) is 0 Å². The van der Waals surface area contributed by atoms with Gasteiger partial charge in [0, 0.05) is 27.0 Å². The van der Waals surface area contributed by atoms with E-state index in [1.807, 2.05) is 47.5 Å². The summed E-state index contributed by atoms with van der Waals surface area (Å²) >= 11 is 22.2. The molecule has 0 radical (unpaired) electrons. The Bertz CT molecular complexity index is 1130. The molecule has 0 aliphatic carbocycles. The van der Waals surface area contributed by atoms with Gasteiger partial charge in [-0.15, -0.1) is 0 Å². The van der Waals surface area contributed by atoms with Crippen LogP contribution in [0.4, 0.5) is 0 Å². The quantitative estimate of drug-likeness (QED) is 0.355. The van der Waals surface area contributed by atoms with Gasteiger partial charge in [0.2, 0.25) is 6.23 Å². The van der Waals surface area contributed by atoms with Crippen molar-refractivity contribution < 1.29 is 4.74 Å². The van der Waals surface area contributed by atoms with E-state index in [1.54, 1.807) is 6.07 Å². The molecule has 0 saturated carbocycles. The SMILES string of the molecule is Clc1ccc2c(c1)[C@@H]1CC(c3ccc(Br)cc3)=NN1[C@@H](c1ccc(Cl)c(Cl)c1)O2. The van der Waals surface area contributed by atoms with Crippen molar-refractivity contribution >= 4 is 56.4 Å². The number of hydrogen-bond donors (Lipinski definition) is 0. The van der Waals surface area contributed by atoms with Crippen molar-refractivity contribution in [3.05, 3.63) is 96.9 Å². The highest BCUT2D eigenvalue weighted by Crippen LogP contribution is 2.48. The predicted octanol–water partition coefficient (Wildman–Crippen LogP) is 7.65. The minimum absolute atomic E-state index is 0.0237. The third kappa shape index (κ3) is 3.53. The first-order valence-corrected chi connectivity index (χ1v) is 10.9. The molecule has 0 unspecified atom stereocenters. The maximum Gasteiger partial charge on any atom is 0.213 e. The average Bonchev–Trinajstić information content (AvgIpc) is 3.16. The lowest BCUT2D eigenvalue weighted by molar-refractivity contribution is -0.0190. The Hall–Kier alpha value is -1.72. The van der Waals surface area contributed by atoms with E-state index < -0.39 is 6.23 Å². The molecule has 3 aromatic carbocycles. The van der Waals surface area contributed by atoms with Crippen LogP contribution in [0.15, 0.2) is 70.2 Å². The molecule has 0 N–H and O–H groups in total. The van der Waals surface area contributed by atoms with Gasteiger partial charge in [-0.2, -0.15) is 5.10 Å².